The molecule has 1 heteroatoms. The van der Waals surface area contributed by atoms with Crippen LogP contribution in [-0.4, -0.2) is 5.11 Å². The van der Waals surface area contributed by atoms with Crippen LogP contribution in [0.15, 0.2) is 78.9 Å². The third kappa shape index (κ3) is 1.58. The van der Waals surface area contributed by atoms with E-state index in [0.717, 1.165) is 5.39 Å². The van der Waals surface area contributed by atoms with E-state index in [4.69, 9.17) is 0 Å². The molecule has 0 aliphatic rings. The lowest BCUT2D eigenvalue weighted by Crippen LogP contribution is -1.88. The molecular formula is C24H14O. The lowest BCUT2D eigenvalue weighted by Gasteiger charge is -2.16. The number of fused-ring (bicyclic) bond motifs is 5. The van der Waals surface area contributed by atoms with Crippen molar-refractivity contribution in [3.63, 3.8) is 0 Å². The zero-order valence-corrected chi connectivity index (χ0v) is 13.5. The summed E-state index contributed by atoms with van der Waals surface area (Å²) in [7, 11) is 0. The van der Waals surface area contributed by atoms with Gasteiger partial charge in [0.1, 0.15) is 5.75 Å². The molecule has 0 saturated heterocycles. The molecule has 6 rings (SSSR count). The van der Waals surface area contributed by atoms with E-state index in [2.05, 4.69) is 60.7 Å². The molecule has 0 amide bonds. The van der Waals surface area contributed by atoms with E-state index in [1.54, 1.807) is 6.07 Å². The van der Waals surface area contributed by atoms with E-state index in [9.17, 15) is 5.11 Å². The summed E-state index contributed by atoms with van der Waals surface area (Å²) in [4.78, 5) is 0. The van der Waals surface area contributed by atoms with Crippen LogP contribution in [-0.2, 0) is 0 Å². The van der Waals surface area contributed by atoms with Gasteiger partial charge in [0, 0.05) is 0 Å². The number of benzene rings is 6. The van der Waals surface area contributed by atoms with Crippen LogP contribution in [0.4, 0.5) is 0 Å². The smallest absolute Gasteiger partial charge is 0.116 e. The molecular weight excluding hydrogens is 304 g/mol. The summed E-state index contributed by atoms with van der Waals surface area (Å²) in [5, 5.41) is 22.5. The van der Waals surface area contributed by atoms with Gasteiger partial charge in [-0.05, 0) is 72.1 Å². The fourth-order valence-corrected chi connectivity index (χ4v) is 4.42. The van der Waals surface area contributed by atoms with Crippen molar-refractivity contribution in [3.05, 3.63) is 78.9 Å². The Kier molecular flexibility index (Phi) is 2.29. The highest BCUT2D eigenvalue weighted by Crippen LogP contribution is 2.44. The van der Waals surface area contributed by atoms with E-state index in [1.807, 2.05) is 12.1 Å². The highest BCUT2D eigenvalue weighted by Gasteiger charge is 2.15. The van der Waals surface area contributed by atoms with Crippen LogP contribution < -0.4 is 0 Å². The lowest BCUT2D eigenvalue weighted by molar-refractivity contribution is 0.476. The van der Waals surface area contributed by atoms with Crippen LogP contribution in [0.25, 0.3) is 53.9 Å². The largest absolute Gasteiger partial charge is 0.508 e. The second kappa shape index (κ2) is 4.40. The minimum absolute atomic E-state index is 0.310. The minimum Gasteiger partial charge on any atom is -0.508 e. The van der Waals surface area contributed by atoms with Gasteiger partial charge in [-0.2, -0.15) is 0 Å². The van der Waals surface area contributed by atoms with Gasteiger partial charge in [0.25, 0.3) is 0 Å². The second-order valence-corrected chi connectivity index (χ2v) is 6.77. The van der Waals surface area contributed by atoms with Crippen molar-refractivity contribution < 1.29 is 5.11 Å². The molecule has 0 heterocycles. The zero-order valence-electron chi connectivity index (χ0n) is 13.5. The first-order valence-electron chi connectivity index (χ1n) is 8.52. The van der Waals surface area contributed by atoms with Gasteiger partial charge in [-0.25, -0.2) is 0 Å². The highest BCUT2D eigenvalue weighted by molar-refractivity contribution is 6.38. The second-order valence-electron chi connectivity index (χ2n) is 6.77. The third-order valence-electron chi connectivity index (χ3n) is 5.43. The first-order chi connectivity index (χ1) is 12.3. The molecule has 0 aliphatic heterocycles. The topological polar surface area (TPSA) is 20.2 Å². The number of phenols is 1. The van der Waals surface area contributed by atoms with E-state index in [-0.39, 0.29) is 0 Å². The first kappa shape index (κ1) is 13.0. The standard InChI is InChI=1S/C24H14O/c25-17-10-11-18-16(13-17)12-15-9-8-14-4-3-7-20-19-5-1-2-6-21(19)24(18)23(15)22(14)20/h1-13,25H. The number of aromatic hydroxyl groups is 1. The molecule has 0 spiro atoms. The molecule has 0 atom stereocenters. The molecule has 1 N–H and O–H groups in total. The SMILES string of the molecule is Oc1ccc2c(c1)cc1ccc3cccc4c5ccccc5c2c1c34. The van der Waals surface area contributed by atoms with Crippen molar-refractivity contribution >= 4 is 53.9 Å². The Morgan fingerprint density at radius 2 is 1.20 bits per heavy atom. The van der Waals surface area contributed by atoms with Gasteiger partial charge >= 0.3 is 0 Å². The maximum atomic E-state index is 9.94. The Morgan fingerprint density at radius 1 is 0.440 bits per heavy atom. The van der Waals surface area contributed by atoms with Crippen LogP contribution in [0.3, 0.4) is 0 Å². The molecule has 6 aromatic rings. The van der Waals surface area contributed by atoms with Crippen molar-refractivity contribution in [1.29, 1.82) is 0 Å². The van der Waals surface area contributed by atoms with Crippen molar-refractivity contribution in [1.82, 2.24) is 0 Å². The number of hydrogen-bond acceptors (Lipinski definition) is 1. The average molecular weight is 318 g/mol. The summed E-state index contributed by atoms with van der Waals surface area (Å²) >= 11 is 0. The summed E-state index contributed by atoms with van der Waals surface area (Å²) in [5.74, 6) is 0.310. The summed E-state index contributed by atoms with van der Waals surface area (Å²) in [5.41, 5.74) is 0. The molecule has 6 aromatic carbocycles. The van der Waals surface area contributed by atoms with Gasteiger partial charge in [-0.15, -0.1) is 0 Å². The Morgan fingerprint density at radius 3 is 2.12 bits per heavy atom. The quantitative estimate of drug-likeness (QED) is 0.247. The van der Waals surface area contributed by atoms with Crippen molar-refractivity contribution in [2.24, 2.45) is 0 Å². The van der Waals surface area contributed by atoms with Gasteiger partial charge in [0.15, 0.2) is 0 Å². The van der Waals surface area contributed by atoms with Crippen LogP contribution in [0.2, 0.25) is 0 Å². The maximum Gasteiger partial charge on any atom is 0.116 e. The molecule has 25 heavy (non-hydrogen) atoms. The Balaban J connectivity index is 2.11. The molecule has 116 valence electrons. The number of hydrogen-bond donors (Lipinski definition) is 1. The predicted molar refractivity (Wildman–Crippen MR) is 107 cm³/mol. The minimum atomic E-state index is 0.310. The maximum absolute atomic E-state index is 9.94. The van der Waals surface area contributed by atoms with Crippen LogP contribution in [0.1, 0.15) is 0 Å². The molecule has 0 radical (unpaired) electrons. The first-order valence-corrected chi connectivity index (χ1v) is 8.52. The van der Waals surface area contributed by atoms with Crippen molar-refractivity contribution in [3.8, 4) is 5.75 Å². The summed E-state index contributed by atoms with van der Waals surface area (Å²) in [6, 6.07) is 27.5. The molecule has 0 bridgehead atoms. The van der Waals surface area contributed by atoms with Crippen LogP contribution >= 0.6 is 0 Å². The van der Waals surface area contributed by atoms with E-state index < -0.39 is 0 Å². The van der Waals surface area contributed by atoms with Crippen molar-refractivity contribution in [2.75, 3.05) is 0 Å². The van der Waals surface area contributed by atoms with E-state index >= 15 is 0 Å². The monoisotopic (exact) mass is 318 g/mol. The summed E-state index contributed by atoms with van der Waals surface area (Å²) in [6.45, 7) is 0. The zero-order chi connectivity index (χ0) is 16.5. The Bertz CT molecular complexity index is 1440. The van der Waals surface area contributed by atoms with E-state index in [0.29, 0.717) is 5.75 Å². The molecule has 0 fully saturated rings. The van der Waals surface area contributed by atoms with Gasteiger partial charge in [0.2, 0.25) is 0 Å². The van der Waals surface area contributed by atoms with Gasteiger partial charge < -0.3 is 5.11 Å². The van der Waals surface area contributed by atoms with Gasteiger partial charge in [0.05, 0.1) is 0 Å². The average Bonchev–Trinajstić information content (AvgIpc) is 2.65. The molecule has 1 nitrogen and oxygen atoms in total. The molecule has 0 saturated carbocycles. The van der Waals surface area contributed by atoms with Gasteiger partial charge in [-0.3, -0.25) is 0 Å². The molecule has 0 unspecified atom stereocenters. The Labute approximate surface area is 144 Å². The fraction of sp³-hybridized carbons (Fsp3) is 0. The Hall–Kier alpha value is -3.32. The lowest BCUT2D eigenvalue weighted by atomic mass is 9.87. The van der Waals surface area contributed by atoms with Crippen LogP contribution in [0, 0.1) is 0 Å². The normalized spacial score (nSPS) is 12.2. The fourth-order valence-electron chi connectivity index (χ4n) is 4.42. The predicted octanol–water partition coefficient (Wildman–Crippen LogP) is 6.60. The van der Waals surface area contributed by atoms with E-state index in [1.165, 1.54) is 48.5 Å². The molecule has 0 aromatic heterocycles. The summed E-state index contributed by atoms with van der Waals surface area (Å²) in [6.07, 6.45) is 0. The van der Waals surface area contributed by atoms with Crippen molar-refractivity contribution in [2.45, 2.75) is 0 Å². The number of phenolic OH excluding ortho intramolecular Hbond substituents is 1. The molecule has 0 aliphatic carbocycles. The van der Waals surface area contributed by atoms with Gasteiger partial charge in [-0.1, -0.05) is 60.7 Å². The van der Waals surface area contributed by atoms with Crippen LogP contribution in [0.5, 0.6) is 5.75 Å². The summed E-state index contributed by atoms with van der Waals surface area (Å²) < 4.78 is 0. The highest BCUT2D eigenvalue weighted by atomic mass is 16.3. The number of rotatable bonds is 0. The third-order valence-corrected chi connectivity index (χ3v) is 5.43.